The smallest absolute Gasteiger partial charge is 0.0204 e. The molecule has 0 fully saturated rings. The molecule has 0 heterocycles. The lowest BCUT2D eigenvalue weighted by molar-refractivity contribution is 0.801. The van der Waals surface area contributed by atoms with Gasteiger partial charge in [-0.2, -0.15) is 0 Å². The van der Waals surface area contributed by atoms with Gasteiger partial charge in [0.05, 0.1) is 0 Å². The predicted molar refractivity (Wildman–Crippen MR) is 66.5 cm³/mol. The molecule has 1 N–H and O–H groups in total. The molecule has 0 spiro atoms. The van der Waals surface area contributed by atoms with E-state index in [1.54, 1.807) is 0 Å². The Morgan fingerprint density at radius 2 is 2.21 bits per heavy atom. The van der Waals surface area contributed by atoms with E-state index >= 15 is 0 Å². The van der Waals surface area contributed by atoms with Crippen molar-refractivity contribution in [2.24, 2.45) is 0 Å². The van der Waals surface area contributed by atoms with Crippen LogP contribution < -0.4 is 5.32 Å². The molecular weight excluding hydrogens is 238 g/mol. The quantitative estimate of drug-likeness (QED) is 0.812. The Morgan fingerprint density at radius 3 is 2.86 bits per heavy atom. The summed E-state index contributed by atoms with van der Waals surface area (Å²) in [7, 11) is 0. The fourth-order valence-corrected chi connectivity index (χ4v) is 1.44. The van der Waals surface area contributed by atoms with E-state index in [0.29, 0.717) is 0 Å². The van der Waals surface area contributed by atoms with Crippen molar-refractivity contribution in [2.45, 2.75) is 13.8 Å². The van der Waals surface area contributed by atoms with E-state index in [1.165, 1.54) is 15.6 Å². The molecule has 14 heavy (non-hydrogen) atoms. The first-order valence-electron chi connectivity index (χ1n) is 4.87. The molecule has 0 saturated heterocycles. The highest BCUT2D eigenvalue weighted by molar-refractivity contribution is 9.10. The molecule has 0 aliphatic heterocycles. The van der Waals surface area contributed by atoms with Gasteiger partial charge in [-0.1, -0.05) is 47.1 Å². The van der Waals surface area contributed by atoms with Gasteiger partial charge in [-0.05, 0) is 30.7 Å². The SMILES string of the molecule is CCNCC=Cc1ccc(Br)c(C)c1. The Balaban J connectivity index is 2.59. The second-order valence-corrected chi connectivity index (χ2v) is 4.07. The topological polar surface area (TPSA) is 12.0 Å². The minimum absolute atomic E-state index is 0.936. The molecular formula is C12H16BrN. The number of hydrogen-bond acceptors (Lipinski definition) is 1. The number of halogens is 1. The van der Waals surface area contributed by atoms with Gasteiger partial charge in [0.25, 0.3) is 0 Å². The van der Waals surface area contributed by atoms with Crippen LogP contribution in [0.5, 0.6) is 0 Å². The Kier molecular flexibility index (Phi) is 4.91. The zero-order valence-corrected chi connectivity index (χ0v) is 10.3. The van der Waals surface area contributed by atoms with E-state index in [0.717, 1.165) is 13.1 Å². The molecule has 0 amide bonds. The van der Waals surface area contributed by atoms with E-state index in [4.69, 9.17) is 0 Å². The van der Waals surface area contributed by atoms with Crippen LogP contribution >= 0.6 is 15.9 Å². The summed E-state index contributed by atoms with van der Waals surface area (Å²) >= 11 is 3.49. The summed E-state index contributed by atoms with van der Waals surface area (Å²) in [4.78, 5) is 0. The molecule has 76 valence electrons. The Hall–Kier alpha value is -0.600. The molecule has 0 bridgehead atoms. The summed E-state index contributed by atoms with van der Waals surface area (Å²) in [6.45, 7) is 6.17. The normalized spacial score (nSPS) is 11.1. The fourth-order valence-electron chi connectivity index (χ4n) is 1.19. The van der Waals surface area contributed by atoms with Crippen molar-refractivity contribution in [3.8, 4) is 0 Å². The van der Waals surface area contributed by atoms with Crippen molar-refractivity contribution in [1.29, 1.82) is 0 Å². The van der Waals surface area contributed by atoms with Gasteiger partial charge in [-0.25, -0.2) is 0 Å². The van der Waals surface area contributed by atoms with Crippen molar-refractivity contribution in [2.75, 3.05) is 13.1 Å². The van der Waals surface area contributed by atoms with Crippen LogP contribution in [0.2, 0.25) is 0 Å². The second-order valence-electron chi connectivity index (χ2n) is 3.22. The van der Waals surface area contributed by atoms with Gasteiger partial charge in [0.15, 0.2) is 0 Å². The van der Waals surface area contributed by atoms with Crippen LogP contribution in [0.4, 0.5) is 0 Å². The zero-order chi connectivity index (χ0) is 10.4. The highest BCUT2D eigenvalue weighted by Gasteiger charge is 1.93. The summed E-state index contributed by atoms with van der Waals surface area (Å²) in [6, 6.07) is 6.37. The van der Waals surface area contributed by atoms with Crippen LogP contribution in [0.1, 0.15) is 18.1 Å². The molecule has 0 aliphatic carbocycles. The van der Waals surface area contributed by atoms with Crippen molar-refractivity contribution >= 4 is 22.0 Å². The summed E-state index contributed by atoms with van der Waals surface area (Å²) in [5.74, 6) is 0. The summed E-state index contributed by atoms with van der Waals surface area (Å²) in [5.41, 5.74) is 2.53. The van der Waals surface area contributed by atoms with Gasteiger partial charge in [0, 0.05) is 11.0 Å². The maximum atomic E-state index is 3.49. The van der Waals surface area contributed by atoms with Crippen LogP contribution in [0, 0.1) is 6.92 Å². The minimum Gasteiger partial charge on any atom is -0.314 e. The first kappa shape index (κ1) is 11.5. The monoisotopic (exact) mass is 253 g/mol. The Bertz CT molecular complexity index is 318. The number of nitrogens with one attached hydrogen (secondary N) is 1. The van der Waals surface area contributed by atoms with Gasteiger partial charge >= 0.3 is 0 Å². The van der Waals surface area contributed by atoms with Gasteiger partial charge in [-0.3, -0.25) is 0 Å². The average Bonchev–Trinajstić information content (AvgIpc) is 2.18. The van der Waals surface area contributed by atoms with Crippen molar-refractivity contribution in [1.82, 2.24) is 5.32 Å². The van der Waals surface area contributed by atoms with Crippen molar-refractivity contribution in [3.05, 3.63) is 39.9 Å². The van der Waals surface area contributed by atoms with Crippen LogP contribution in [-0.4, -0.2) is 13.1 Å². The van der Waals surface area contributed by atoms with Crippen molar-refractivity contribution < 1.29 is 0 Å². The van der Waals surface area contributed by atoms with Crippen LogP contribution in [0.3, 0.4) is 0 Å². The molecule has 0 saturated carbocycles. The van der Waals surface area contributed by atoms with Gasteiger partial charge < -0.3 is 5.32 Å². The van der Waals surface area contributed by atoms with E-state index in [9.17, 15) is 0 Å². The molecule has 1 aromatic carbocycles. The van der Waals surface area contributed by atoms with E-state index in [2.05, 4.69) is 65.4 Å². The zero-order valence-electron chi connectivity index (χ0n) is 8.68. The second kappa shape index (κ2) is 5.99. The molecule has 1 nitrogen and oxygen atoms in total. The van der Waals surface area contributed by atoms with Crippen LogP contribution in [-0.2, 0) is 0 Å². The highest BCUT2D eigenvalue weighted by atomic mass is 79.9. The molecule has 0 aliphatic rings. The fraction of sp³-hybridized carbons (Fsp3) is 0.333. The van der Waals surface area contributed by atoms with Crippen LogP contribution in [0.15, 0.2) is 28.7 Å². The lowest BCUT2D eigenvalue weighted by Gasteiger charge is -1.99. The third kappa shape index (κ3) is 3.64. The maximum Gasteiger partial charge on any atom is 0.0204 e. The number of rotatable bonds is 4. The van der Waals surface area contributed by atoms with Gasteiger partial charge in [0.1, 0.15) is 0 Å². The summed E-state index contributed by atoms with van der Waals surface area (Å²) < 4.78 is 1.17. The highest BCUT2D eigenvalue weighted by Crippen LogP contribution is 2.17. The number of aryl methyl sites for hydroxylation is 1. The molecule has 0 aromatic heterocycles. The number of likely N-dealkylation sites (N-methyl/N-ethyl adjacent to an activating group) is 1. The van der Waals surface area contributed by atoms with E-state index in [1.807, 2.05) is 0 Å². The molecule has 0 unspecified atom stereocenters. The number of hydrogen-bond donors (Lipinski definition) is 1. The van der Waals surface area contributed by atoms with Crippen molar-refractivity contribution in [3.63, 3.8) is 0 Å². The third-order valence-electron chi connectivity index (χ3n) is 2.00. The predicted octanol–water partition coefficient (Wildman–Crippen LogP) is 3.38. The molecule has 2 heteroatoms. The summed E-state index contributed by atoms with van der Waals surface area (Å²) in [6.07, 6.45) is 4.29. The van der Waals surface area contributed by atoms with E-state index < -0.39 is 0 Å². The Morgan fingerprint density at radius 1 is 1.43 bits per heavy atom. The minimum atomic E-state index is 0.936. The van der Waals surface area contributed by atoms with E-state index in [-0.39, 0.29) is 0 Å². The third-order valence-corrected chi connectivity index (χ3v) is 2.89. The van der Waals surface area contributed by atoms with Crippen LogP contribution in [0.25, 0.3) is 6.08 Å². The standard InChI is InChI=1S/C12H16BrN/c1-3-14-8-4-5-11-6-7-12(13)10(2)9-11/h4-7,9,14H,3,8H2,1-2H3. The summed E-state index contributed by atoms with van der Waals surface area (Å²) in [5, 5.41) is 3.25. The van der Waals surface area contributed by atoms with Gasteiger partial charge in [-0.15, -0.1) is 0 Å². The average molecular weight is 254 g/mol. The first-order valence-corrected chi connectivity index (χ1v) is 5.66. The maximum absolute atomic E-state index is 3.49. The largest absolute Gasteiger partial charge is 0.314 e. The Labute approximate surface area is 94.3 Å². The van der Waals surface area contributed by atoms with Gasteiger partial charge in [0.2, 0.25) is 0 Å². The molecule has 1 aromatic rings. The lowest BCUT2D eigenvalue weighted by Crippen LogP contribution is -2.11. The lowest BCUT2D eigenvalue weighted by atomic mass is 10.1. The first-order chi connectivity index (χ1) is 6.74. The number of benzene rings is 1. The molecule has 0 atom stereocenters. The molecule has 0 radical (unpaired) electrons. The molecule has 1 rings (SSSR count).